The molecule has 0 amide bonds. The summed E-state index contributed by atoms with van der Waals surface area (Å²) in [6.07, 6.45) is 2.96. The number of anilines is 2. The average Bonchev–Trinajstić information content (AvgIpc) is 3.01. The fourth-order valence-corrected chi connectivity index (χ4v) is 3.48. The first-order valence-electron chi connectivity index (χ1n) is 8.43. The van der Waals surface area contributed by atoms with Crippen molar-refractivity contribution in [2.24, 2.45) is 11.8 Å². The molecule has 1 aromatic rings. The largest absolute Gasteiger partial charge is 0.481 e. The number of hydrogen-bond acceptors (Lipinski definition) is 6. The molecule has 0 spiro atoms. The van der Waals surface area contributed by atoms with E-state index in [-0.39, 0.29) is 11.7 Å². The van der Waals surface area contributed by atoms with Crippen molar-refractivity contribution in [2.75, 3.05) is 49.2 Å². The molecule has 2 aliphatic rings. The number of aliphatic carboxylic acids is 1. The molecule has 8 heteroatoms. The number of carboxylic acids is 1. The van der Waals surface area contributed by atoms with Gasteiger partial charge in [-0.1, -0.05) is 13.3 Å². The highest BCUT2D eigenvalue weighted by molar-refractivity contribution is 5.72. The van der Waals surface area contributed by atoms with Gasteiger partial charge in [0.25, 0.3) is 0 Å². The molecule has 3 rings (SSSR count). The van der Waals surface area contributed by atoms with E-state index in [9.17, 15) is 14.3 Å². The van der Waals surface area contributed by atoms with E-state index in [0.717, 1.165) is 12.8 Å². The van der Waals surface area contributed by atoms with E-state index in [1.165, 1.54) is 6.20 Å². The Morgan fingerprint density at radius 3 is 2.79 bits per heavy atom. The molecule has 0 aromatic carbocycles. The van der Waals surface area contributed by atoms with E-state index in [0.29, 0.717) is 45.3 Å². The van der Waals surface area contributed by atoms with E-state index >= 15 is 0 Å². The van der Waals surface area contributed by atoms with Crippen molar-refractivity contribution >= 4 is 17.7 Å². The van der Waals surface area contributed by atoms with Crippen molar-refractivity contribution in [1.82, 2.24) is 9.97 Å². The van der Waals surface area contributed by atoms with E-state index in [2.05, 4.69) is 9.97 Å². The molecule has 2 saturated heterocycles. The zero-order valence-electron chi connectivity index (χ0n) is 13.8. The molecule has 0 saturated carbocycles. The minimum atomic E-state index is -0.786. The second kappa shape index (κ2) is 7.29. The summed E-state index contributed by atoms with van der Waals surface area (Å²) < 4.78 is 19.4. The topological polar surface area (TPSA) is 78.8 Å². The Labute approximate surface area is 140 Å². The van der Waals surface area contributed by atoms with Crippen LogP contribution in [-0.4, -0.2) is 60.4 Å². The average molecular weight is 338 g/mol. The predicted molar refractivity (Wildman–Crippen MR) is 86.8 cm³/mol. The molecule has 132 valence electrons. The molecule has 3 heterocycles. The van der Waals surface area contributed by atoms with Crippen LogP contribution >= 0.6 is 0 Å². The second-order valence-electron chi connectivity index (χ2n) is 6.34. The van der Waals surface area contributed by atoms with Crippen LogP contribution < -0.4 is 9.80 Å². The molecule has 0 aliphatic carbocycles. The molecule has 1 aromatic heterocycles. The zero-order valence-corrected chi connectivity index (χ0v) is 13.8. The van der Waals surface area contributed by atoms with Gasteiger partial charge in [0.15, 0.2) is 11.6 Å². The number of carboxylic acid groups (broad SMARTS) is 1. The van der Waals surface area contributed by atoms with Gasteiger partial charge in [0, 0.05) is 26.2 Å². The van der Waals surface area contributed by atoms with Gasteiger partial charge in [0.1, 0.15) is 0 Å². The Hall–Kier alpha value is -1.96. The number of rotatable bonds is 5. The summed E-state index contributed by atoms with van der Waals surface area (Å²) in [6, 6.07) is 0. The normalized spacial score (nSPS) is 24.4. The summed E-state index contributed by atoms with van der Waals surface area (Å²) in [5.74, 6) is -0.915. The number of hydrogen-bond donors (Lipinski definition) is 1. The van der Waals surface area contributed by atoms with Crippen LogP contribution in [0, 0.1) is 17.7 Å². The van der Waals surface area contributed by atoms with Gasteiger partial charge < -0.3 is 19.6 Å². The molecule has 0 unspecified atom stereocenters. The summed E-state index contributed by atoms with van der Waals surface area (Å²) in [4.78, 5) is 23.7. The minimum absolute atomic E-state index is 0.0768. The highest BCUT2D eigenvalue weighted by Gasteiger charge is 2.38. The fraction of sp³-hybridized carbons (Fsp3) is 0.688. The maximum absolute atomic E-state index is 14.1. The van der Waals surface area contributed by atoms with Crippen LogP contribution in [0.3, 0.4) is 0 Å². The molecular weight excluding hydrogens is 315 g/mol. The lowest BCUT2D eigenvalue weighted by Crippen LogP contribution is -2.37. The fourth-order valence-electron chi connectivity index (χ4n) is 3.48. The van der Waals surface area contributed by atoms with Crippen LogP contribution in [0.4, 0.5) is 16.2 Å². The van der Waals surface area contributed by atoms with E-state index in [1.807, 2.05) is 16.7 Å². The first kappa shape index (κ1) is 16.9. The molecule has 0 bridgehead atoms. The van der Waals surface area contributed by atoms with Crippen LogP contribution in [0.15, 0.2) is 6.20 Å². The third-order valence-electron chi connectivity index (χ3n) is 4.72. The Bertz CT molecular complexity index is 595. The van der Waals surface area contributed by atoms with Gasteiger partial charge in [-0.25, -0.2) is 9.37 Å². The summed E-state index contributed by atoms with van der Waals surface area (Å²) >= 11 is 0. The molecular formula is C16H23FN4O3. The molecule has 1 N–H and O–H groups in total. The first-order chi connectivity index (χ1) is 11.6. The number of halogens is 1. The highest BCUT2D eigenvalue weighted by Crippen LogP contribution is 2.31. The summed E-state index contributed by atoms with van der Waals surface area (Å²) in [5.41, 5.74) is 0. The van der Waals surface area contributed by atoms with Gasteiger partial charge in [-0.05, 0) is 12.3 Å². The van der Waals surface area contributed by atoms with Crippen molar-refractivity contribution in [3.05, 3.63) is 12.0 Å². The van der Waals surface area contributed by atoms with Gasteiger partial charge >= 0.3 is 5.97 Å². The number of nitrogens with zero attached hydrogens (tertiary/aromatic N) is 4. The van der Waals surface area contributed by atoms with Crippen LogP contribution in [0.5, 0.6) is 0 Å². The minimum Gasteiger partial charge on any atom is -0.481 e. The standard InChI is InChI=1S/C16H23FN4O3/c1-2-3-11-9-21(10-12(11)15(22)23)16-18-8-13(17)14(19-16)20-4-6-24-7-5-20/h8,11-12H,2-7,9-10H2,1H3,(H,22,23)/t11-,12-/m1/s1. The SMILES string of the molecule is CCC[C@@H]1CN(c2ncc(F)c(N3CCOCC3)n2)C[C@H]1C(=O)O. The van der Waals surface area contributed by atoms with Gasteiger partial charge in [-0.3, -0.25) is 4.79 Å². The molecule has 2 atom stereocenters. The Morgan fingerprint density at radius 2 is 2.12 bits per heavy atom. The summed E-state index contributed by atoms with van der Waals surface area (Å²) in [6.45, 7) is 5.27. The molecule has 24 heavy (non-hydrogen) atoms. The third kappa shape index (κ3) is 3.43. The molecule has 2 aliphatic heterocycles. The predicted octanol–water partition coefficient (Wildman–Crippen LogP) is 1.39. The highest BCUT2D eigenvalue weighted by atomic mass is 19.1. The summed E-state index contributed by atoms with van der Waals surface area (Å²) in [5, 5.41) is 9.43. The quantitative estimate of drug-likeness (QED) is 0.869. The van der Waals surface area contributed by atoms with Crippen LogP contribution in [0.2, 0.25) is 0 Å². The Morgan fingerprint density at radius 1 is 1.38 bits per heavy atom. The number of aromatic nitrogens is 2. The molecule has 0 radical (unpaired) electrons. The van der Waals surface area contributed by atoms with Crippen LogP contribution in [0.25, 0.3) is 0 Å². The Balaban J connectivity index is 1.80. The third-order valence-corrected chi connectivity index (χ3v) is 4.72. The number of carbonyl (C=O) groups is 1. The number of morpholine rings is 1. The second-order valence-corrected chi connectivity index (χ2v) is 6.34. The Kier molecular flexibility index (Phi) is 5.13. The maximum atomic E-state index is 14.1. The van der Waals surface area contributed by atoms with E-state index in [4.69, 9.17) is 4.74 Å². The first-order valence-corrected chi connectivity index (χ1v) is 8.43. The molecule has 2 fully saturated rings. The van der Waals surface area contributed by atoms with E-state index in [1.54, 1.807) is 0 Å². The van der Waals surface area contributed by atoms with Crippen molar-refractivity contribution in [3.63, 3.8) is 0 Å². The van der Waals surface area contributed by atoms with Crippen molar-refractivity contribution in [3.8, 4) is 0 Å². The van der Waals surface area contributed by atoms with Crippen LogP contribution in [-0.2, 0) is 9.53 Å². The van der Waals surface area contributed by atoms with Crippen LogP contribution in [0.1, 0.15) is 19.8 Å². The van der Waals surface area contributed by atoms with Crippen molar-refractivity contribution in [1.29, 1.82) is 0 Å². The lowest BCUT2D eigenvalue weighted by Gasteiger charge is -2.28. The lowest BCUT2D eigenvalue weighted by atomic mass is 9.92. The molecule has 7 nitrogen and oxygen atoms in total. The van der Waals surface area contributed by atoms with Gasteiger partial charge in [-0.15, -0.1) is 0 Å². The lowest BCUT2D eigenvalue weighted by molar-refractivity contribution is -0.142. The van der Waals surface area contributed by atoms with Gasteiger partial charge in [-0.2, -0.15) is 4.98 Å². The monoisotopic (exact) mass is 338 g/mol. The zero-order chi connectivity index (χ0) is 17.1. The van der Waals surface area contributed by atoms with Crippen molar-refractivity contribution < 1.29 is 19.0 Å². The smallest absolute Gasteiger partial charge is 0.308 e. The summed E-state index contributed by atoms with van der Waals surface area (Å²) in [7, 11) is 0. The number of ether oxygens (including phenoxy) is 1. The van der Waals surface area contributed by atoms with Gasteiger partial charge in [0.2, 0.25) is 5.95 Å². The maximum Gasteiger partial charge on any atom is 0.308 e. The van der Waals surface area contributed by atoms with E-state index < -0.39 is 17.7 Å². The van der Waals surface area contributed by atoms with Crippen molar-refractivity contribution in [2.45, 2.75) is 19.8 Å². The van der Waals surface area contributed by atoms with Gasteiger partial charge in [0.05, 0.1) is 25.3 Å².